The molecule has 2 N–H and O–H groups in total. The van der Waals surface area contributed by atoms with E-state index in [0.717, 1.165) is 5.56 Å². The summed E-state index contributed by atoms with van der Waals surface area (Å²) in [5, 5.41) is 12.3. The Morgan fingerprint density at radius 3 is 2.56 bits per heavy atom. The molecule has 0 aliphatic rings. The number of carbonyl (C=O) groups excluding carboxylic acids is 1. The number of hydrogen-bond acceptors (Lipinski definition) is 2. The van der Waals surface area contributed by atoms with E-state index in [1.54, 1.807) is 26.8 Å². The van der Waals surface area contributed by atoms with Gasteiger partial charge in [-0.1, -0.05) is 17.7 Å². The first-order valence-electron chi connectivity index (χ1n) is 5.40. The Morgan fingerprint density at radius 1 is 1.44 bits per heavy atom. The summed E-state index contributed by atoms with van der Waals surface area (Å²) in [6, 6.07) is 7.38. The van der Waals surface area contributed by atoms with Crippen LogP contribution in [0.15, 0.2) is 24.3 Å². The van der Waals surface area contributed by atoms with Gasteiger partial charge in [0.05, 0.1) is 11.6 Å². The standard InChI is InChI=1S/C13H19NO2/c1-9-6-5-7-11(8-9)12(16)14-13(3,4)10(2)15/h5-8,10,15H,1-4H3,(H,14,16). The monoisotopic (exact) mass is 221 g/mol. The minimum Gasteiger partial charge on any atom is -0.391 e. The number of hydrogen-bond donors (Lipinski definition) is 2. The van der Waals surface area contributed by atoms with E-state index in [1.165, 1.54) is 0 Å². The molecule has 1 aromatic rings. The lowest BCUT2D eigenvalue weighted by Crippen LogP contribution is -2.50. The van der Waals surface area contributed by atoms with Crippen LogP contribution in [0.4, 0.5) is 0 Å². The van der Waals surface area contributed by atoms with Gasteiger partial charge in [-0.05, 0) is 39.8 Å². The normalized spacial score (nSPS) is 13.3. The van der Waals surface area contributed by atoms with Gasteiger partial charge in [0.2, 0.25) is 0 Å². The zero-order valence-electron chi connectivity index (χ0n) is 10.2. The highest BCUT2D eigenvalue weighted by Crippen LogP contribution is 2.11. The van der Waals surface area contributed by atoms with Crippen LogP contribution in [0.1, 0.15) is 36.7 Å². The highest BCUT2D eigenvalue weighted by Gasteiger charge is 2.26. The van der Waals surface area contributed by atoms with Gasteiger partial charge in [0.25, 0.3) is 5.91 Å². The van der Waals surface area contributed by atoms with Gasteiger partial charge >= 0.3 is 0 Å². The van der Waals surface area contributed by atoms with E-state index in [-0.39, 0.29) is 5.91 Å². The first-order chi connectivity index (χ1) is 7.33. The quantitative estimate of drug-likeness (QED) is 0.818. The Labute approximate surface area is 96.5 Å². The largest absolute Gasteiger partial charge is 0.391 e. The van der Waals surface area contributed by atoms with Gasteiger partial charge in [0.15, 0.2) is 0 Å². The maximum atomic E-state index is 11.9. The van der Waals surface area contributed by atoms with E-state index >= 15 is 0 Å². The lowest BCUT2D eigenvalue weighted by atomic mass is 9.98. The summed E-state index contributed by atoms with van der Waals surface area (Å²) in [4.78, 5) is 11.9. The summed E-state index contributed by atoms with van der Waals surface area (Å²) in [7, 11) is 0. The minimum absolute atomic E-state index is 0.158. The zero-order chi connectivity index (χ0) is 12.3. The smallest absolute Gasteiger partial charge is 0.251 e. The molecule has 0 spiro atoms. The van der Waals surface area contributed by atoms with Gasteiger partial charge in [-0.2, -0.15) is 0 Å². The highest BCUT2D eigenvalue weighted by atomic mass is 16.3. The van der Waals surface area contributed by atoms with Crippen molar-refractivity contribution in [1.82, 2.24) is 5.32 Å². The summed E-state index contributed by atoms with van der Waals surface area (Å²) < 4.78 is 0. The lowest BCUT2D eigenvalue weighted by Gasteiger charge is -2.29. The molecule has 0 radical (unpaired) electrons. The highest BCUT2D eigenvalue weighted by molar-refractivity contribution is 5.94. The molecule has 0 bridgehead atoms. The van der Waals surface area contributed by atoms with Crippen LogP contribution in [0, 0.1) is 6.92 Å². The van der Waals surface area contributed by atoms with Crippen molar-refractivity contribution in [3.63, 3.8) is 0 Å². The Balaban J connectivity index is 2.81. The van der Waals surface area contributed by atoms with Crippen LogP contribution in [0.25, 0.3) is 0 Å². The average molecular weight is 221 g/mol. The van der Waals surface area contributed by atoms with Crippen molar-refractivity contribution in [2.24, 2.45) is 0 Å². The summed E-state index contributed by atoms with van der Waals surface area (Å²) in [5.41, 5.74) is 1.04. The predicted octanol–water partition coefficient (Wildman–Crippen LogP) is 1.88. The minimum atomic E-state index is -0.624. The van der Waals surface area contributed by atoms with Gasteiger partial charge < -0.3 is 10.4 Å². The molecule has 1 unspecified atom stereocenters. The van der Waals surface area contributed by atoms with Crippen molar-refractivity contribution in [1.29, 1.82) is 0 Å². The topological polar surface area (TPSA) is 49.3 Å². The van der Waals surface area contributed by atoms with Gasteiger partial charge in [-0.25, -0.2) is 0 Å². The number of nitrogens with one attached hydrogen (secondary N) is 1. The molecule has 0 heterocycles. The van der Waals surface area contributed by atoms with E-state index in [4.69, 9.17) is 0 Å². The molecule has 0 aliphatic heterocycles. The predicted molar refractivity (Wildman–Crippen MR) is 64.4 cm³/mol. The molecule has 3 nitrogen and oxygen atoms in total. The van der Waals surface area contributed by atoms with E-state index in [0.29, 0.717) is 5.56 Å². The number of carbonyl (C=O) groups is 1. The van der Waals surface area contributed by atoms with Gasteiger partial charge in [0, 0.05) is 5.56 Å². The first-order valence-corrected chi connectivity index (χ1v) is 5.40. The third kappa shape index (κ3) is 3.07. The van der Waals surface area contributed by atoms with E-state index in [1.807, 2.05) is 25.1 Å². The Kier molecular flexibility index (Phi) is 3.70. The van der Waals surface area contributed by atoms with E-state index < -0.39 is 11.6 Å². The molecule has 1 aromatic carbocycles. The van der Waals surface area contributed by atoms with Crippen LogP contribution in [0.3, 0.4) is 0 Å². The van der Waals surface area contributed by atoms with Crippen LogP contribution in [-0.2, 0) is 0 Å². The SMILES string of the molecule is Cc1cccc(C(=O)NC(C)(C)C(C)O)c1. The molecular formula is C13H19NO2. The van der Waals surface area contributed by atoms with Crippen LogP contribution in [0.2, 0.25) is 0 Å². The number of amides is 1. The van der Waals surface area contributed by atoms with Gasteiger partial charge in [0.1, 0.15) is 0 Å². The molecule has 3 heteroatoms. The molecule has 16 heavy (non-hydrogen) atoms. The summed E-state index contributed by atoms with van der Waals surface area (Å²) in [6.45, 7) is 7.20. The number of aryl methyl sites for hydroxylation is 1. The number of aliphatic hydroxyl groups excluding tert-OH is 1. The maximum Gasteiger partial charge on any atom is 0.251 e. The summed E-state index contributed by atoms with van der Waals surface area (Å²) >= 11 is 0. The van der Waals surface area contributed by atoms with Crippen LogP contribution < -0.4 is 5.32 Å². The fourth-order valence-corrected chi connectivity index (χ4v) is 1.26. The van der Waals surface area contributed by atoms with Crippen molar-refractivity contribution in [3.05, 3.63) is 35.4 Å². The first kappa shape index (κ1) is 12.7. The van der Waals surface area contributed by atoms with Crippen molar-refractivity contribution >= 4 is 5.91 Å². The fraction of sp³-hybridized carbons (Fsp3) is 0.462. The average Bonchev–Trinajstić information content (AvgIpc) is 2.16. The summed E-state index contributed by atoms with van der Waals surface area (Å²) in [6.07, 6.45) is -0.596. The van der Waals surface area contributed by atoms with E-state index in [9.17, 15) is 9.90 Å². The third-order valence-electron chi connectivity index (χ3n) is 2.76. The Bertz CT molecular complexity index is 383. The van der Waals surface area contributed by atoms with Crippen molar-refractivity contribution in [3.8, 4) is 0 Å². The number of aliphatic hydroxyl groups is 1. The maximum absolute atomic E-state index is 11.9. The number of benzene rings is 1. The van der Waals surface area contributed by atoms with Crippen molar-refractivity contribution in [2.45, 2.75) is 39.3 Å². The zero-order valence-corrected chi connectivity index (χ0v) is 10.2. The fourth-order valence-electron chi connectivity index (χ4n) is 1.26. The summed E-state index contributed by atoms with van der Waals surface area (Å²) in [5.74, 6) is -0.158. The molecule has 1 amide bonds. The molecular weight excluding hydrogens is 202 g/mol. The molecule has 0 aromatic heterocycles. The molecule has 88 valence electrons. The van der Waals surface area contributed by atoms with Crippen LogP contribution in [-0.4, -0.2) is 22.7 Å². The van der Waals surface area contributed by atoms with Gasteiger partial charge in [-0.3, -0.25) is 4.79 Å². The molecule has 0 fully saturated rings. The van der Waals surface area contributed by atoms with Crippen LogP contribution >= 0.6 is 0 Å². The molecule has 0 saturated carbocycles. The second-order valence-electron chi connectivity index (χ2n) is 4.72. The van der Waals surface area contributed by atoms with Crippen molar-refractivity contribution < 1.29 is 9.90 Å². The second kappa shape index (κ2) is 4.66. The second-order valence-corrected chi connectivity index (χ2v) is 4.72. The van der Waals surface area contributed by atoms with E-state index in [2.05, 4.69) is 5.32 Å². The van der Waals surface area contributed by atoms with Crippen LogP contribution in [0.5, 0.6) is 0 Å². The Hall–Kier alpha value is -1.35. The van der Waals surface area contributed by atoms with Crippen molar-refractivity contribution in [2.75, 3.05) is 0 Å². The third-order valence-corrected chi connectivity index (χ3v) is 2.76. The lowest BCUT2D eigenvalue weighted by molar-refractivity contribution is 0.0709. The molecule has 0 saturated heterocycles. The van der Waals surface area contributed by atoms with Gasteiger partial charge in [-0.15, -0.1) is 0 Å². The number of rotatable bonds is 3. The molecule has 1 atom stereocenters. The molecule has 1 rings (SSSR count). The molecule has 0 aliphatic carbocycles. The Morgan fingerprint density at radius 2 is 2.06 bits per heavy atom.